The van der Waals surface area contributed by atoms with Crippen LogP contribution in [-0.2, 0) is 14.6 Å². The first-order valence-corrected chi connectivity index (χ1v) is 6.81. The SMILES string of the molecule is CC(C)(C)C(=O)[C@H]1C[C@H](S(C)(=O)=O)C1. The van der Waals surface area contributed by atoms with E-state index in [4.69, 9.17) is 0 Å². The fourth-order valence-electron chi connectivity index (χ4n) is 1.74. The summed E-state index contributed by atoms with van der Waals surface area (Å²) in [5, 5.41) is -0.279. The van der Waals surface area contributed by atoms with Crippen LogP contribution in [0.15, 0.2) is 0 Å². The van der Waals surface area contributed by atoms with Gasteiger partial charge in [0.15, 0.2) is 0 Å². The molecule has 0 amide bonds. The fraction of sp³-hybridized carbons (Fsp3) is 0.900. The first-order chi connectivity index (χ1) is 6.12. The van der Waals surface area contributed by atoms with Crippen LogP contribution < -0.4 is 0 Å². The fourth-order valence-corrected chi connectivity index (χ4v) is 2.91. The molecule has 0 spiro atoms. The maximum absolute atomic E-state index is 11.7. The van der Waals surface area contributed by atoms with Crippen LogP contribution in [0, 0.1) is 11.3 Å². The van der Waals surface area contributed by atoms with Crippen molar-refractivity contribution in [2.24, 2.45) is 11.3 Å². The molecular formula is C10H18O3S. The van der Waals surface area contributed by atoms with Crippen molar-refractivity contribution in [2.75, 3.05) is 6.26 Å². The molecule has 1 aliphatic carbocycles. The number of Topliss-reactive ketones (excluding diaryl/α,β-unsaturated/α-hetero) is 1. The Hall–Kier alpha value is -0.380. The molecule has 1 aliphatic rings. The predicted octanol–water partition coefficient (Wildman–Crippen LogP) is 1.42. The normalized spacial score (nSPS) is 28.3. The quantitative estimate of drug-likeness (QED) is 0.704. The van der Waals surface area contributed by atoms with Crippen LogP contribution >= 0.6 is 0 Å². The highest BCUT2D eigenvalue weighted by Gasteiger charge is 2.43. The number of rotatable bonds is 2. The van der Waals surface area contributed by atoms with E-state index in [1.807, 2.05) is 20.8 Å². The lowest BCUT2D eigenvalue weighted by Crippen LogP contribution is -2.43. The lowest BCUT2D eigenvalue weighted by Gasteiger charge is -2.36. The largest absolute Gasteiger partial charge is 0.299 e. The van der Waals surface area contributed by atoms with Crippen molar-refractivity contribution in [1.82, 2.24) is 0 Å². The van der Waals surface area contributed by atoms with Gasteiger partial charge in [0.25, 0.3) is 0 Å². The summed E-state index contributed by atoms with van der Waals surface area (Å²) in [6, 6.07) is 0. The number of hydrogen-bond donors (Lipinski definition) is 0. The summed E-state index contributed by atoms with van der Waals surface area (Å²) in [6.07, 6.45) is 2.29. The maximum Gasteiger partial charge on any atom is 0.150 e. The Bertz CT molecular complexity index is 329. The highest BCUT2D eigenvalue weighted by atomic mass is 32.2. The molecule has 0 aliphatic heterocycles. The van der Waals surface area contributed by atoms with E-state index in [-0.39, 0.29) is 22.4 Å². The Morgan fingerprint density at radius 3 is 1.93 bits per heavy atom. The van der Waals surface area contributed by atoms with Gasteiger partial charge in [-0.25, -0.2) is 8.42 Å². The molecule has 1 rings (SSSR count). The van der Waals surface area contributed by atoms with Gasteiger partial charge in [0, 0.05) is 17.6 Å². The number of carbonyl (C=O) groups is 1. The second-order valence-electron chi connectivity index (χ2n) is 5.23. The smallest absolute Gasteiger partial charge is 0.150 e. The lowest BCUT2D eigenvalue weighted by molar-refractivity contribution is -0.132. The zero-order valence-corrected chi connectivity index (χ0v) is 10.0. The van der Waals surface area contributed by atoms with Gasteiger partial charge in [-0.15, -0.1) is 0 Å². The van der Waals surface area contributed by atoms with E-state index in [2.05, 4.69) is 0 Å². The van der Waals surface area contributed by atoms with Gasteiger partial charge in [0.2, 0.25) is 0 Å². The zero-order chi connectivity index (χ0) is 11.1. The third-order valence-corrected chi connectivity index (χ3v) is 4.41. The Kier molecular flexibility index (Phi) is 2.78. The monoisotopic (exact) mass is 218 g/mol. The average molecular weight is 218 g/mol. The Labute approximate surface area is 85.8 Å². The molecule has 0 atom stereocenters. The molecule has 82 valence electrons. The van der Waals surface area contributed by atoms with E-state index < -0.39 is 9.84 Å². The molecule has 14 heavy (non-hydrogen) atoms. The van der Waals surface area contributed by atoms with Crippen LogP contribution in [0.1, 0.15) is 33.6 Å². The van der Waals surface area contributed by atoms with Gasteiger partial charge >= 0.3 is 0 Å². The van der Waals surface area contributed by atoms with Crippen LogP contribution in [0.3, 0.4) is 0 Å². The summed E-state index contributed by atoms with van der Waals surface area (Å²) in [6.45, 7) is 5.63. The predicted molar refractivity (Wildman–Crippen MR) is 55.8 cm³/mol. The Balaban J connectivity index is 2.55. The molecule has 0 unspecified atom stereocenters. The summed E-state index contributed by atoms with van der Waals surface area (Å²) < 4.78 is 22.2. The van der Waals surface area contributed by atoms with Crippen molar-refractivity contribution < 1.29 is 13.2 Å². The van der Waals surface area contributed by atoms with Gasteiger partial charge in [-0.1, -0.05) is 20.8 Å². The van der Waals surface area contributed by atoms with Crippen molar-refractivity contribution in [3.05, 3.63) is 0 Å². The van der Waals surface area contributed by atoms with E-state index in [1.165, 1.54) is 6.26 Å². The van der Waals surface area contributed by atoms with Crippen LogP contribution in [0.5, 0.6) is 0 Å². The van der Waals surface area contributed by atoms with Crippen molar-refractivity contribution in [2.45, 2.75) is 38.9 Å². The molecule has 0 aromatic heterocycles. The van der Waals surface area contributed by atoms with E-state index >= 15 is 0 Å². The van der Waals surface area contributed by atoms with Gasteiger partial charge < -0.3 is 0 Å². The van der Waals surface area contributed by atoms with Crippen LogP contribution in [0.2, 0.25) is 0 Å². The molecule has 0 radical (unpaired) electrons. The number of carbonyl (C=O) groups excluding carboxylic acids is 1. The van der Waals surface area contributed by atoms with Gasteiger partial charge in [-0.05, 0) is 12.8 Å². The molecule has 4 heteroatoms. The highest BCUT2D eigenvalue weighted by molar-refractivity contribution is 7.91. The second-order valence-corrected chi connectivity index (χ2v) is 7.56. The van der Waals surface area contributed by atoms with E-state index in [0.29, 0.717) is 12.8 Å². The molecule has 1 saturated carbocycles. The second kappa shape index (κ2) is 3.33. The Morgan fingerprint density at radius 1 is 1.21 bits per heavy atom. The molecule has 3 nitrogen and oxygen atoms in total. The molecule has 0 aromatic carbocycles. The standard InChI is InChI=1S/C10H18O3S/c1-10(2,3)9(11)7-5-8(6-7)14(4,12)13/h7-8H,5-6H2,1-4H3/t7-,8-. The summed E-state index contributed by atoms with van der Waals surface area (Å²) in [5.74, 6) is 0.159. The molecule has 1 fully saturated rings. The summed E-state index contributed by atoms with van der Waals surface area (Å²) in [4.78, 5) is 11.7. The third kappa shape index (κ3) is 2.35. The summed E-state index contributed by atoms with van der Waals surface area (Å²) in [7, 11) is -2.93. The summed E-state index contributed by atoms with van der Waals surface area (Å²) >= 11 is 0. The molecule has 0 heterocycles. The van der Waals surface area contributed by atoms with E-state index in [0.717, 1.165) is 0 Å². The average Bonchev–Trinajstić information content (AvgIpc) is 1.77. The minimum Gasteiger partial charge on any atom is -0.299 e. The van der Waals surface area contributed by atoms with Crippen LogP contribution in [0.25, 0.3) is 0 Å². The van der Waals surface area contributed by atoms with Gasteiger partial charge in [0.05, 0.1) is 5.25 Å². The summed E-state index contributed by atoms with van der Waals surface area (Å²) in [5.41, 5.74) is -0.340. The highest BCUT2D eigenvalue weighted by Crippen LogP contribution is 2.37. The number of hydrogen-bond acceptors (Lipinski definition) is 3. The lowest BCUT2D eigenvalue weighted by atomic mass is 9.73. The van der Waals surface area contributed by atoms with E-state index in [1.54, 1.807) is 0 Å². The molecule has 0 N–H and O–H groups in total. The topological polar surface area (TPSA) is 51.2 Å². The van der Waals surface area contributed by atoms with Crippen LogP contribution in [-0.4, -0.2) is 25.7 Å². The molecular weight excluding hydrogens is 200 g/mol. The Morgan fingerprint density at radius 2 is 1.64 bits per heavy atom. The number of ketones is 1. The van der Waals surface area contributed by atoms with Crippen molar-refractivity contribution in [1.29, 1.82) is 0 Å². The minimum atomic E-state index is -2.93. The van der Waals surface area contributed by atoms with Gasteiger partial charge in [0.1, 0.15) is 15.6 Å². The first-order valence-electron chi connectivity index (χ1n) is 4.85. The van der Waals surface area contributed by atoms with E-state index in [9.17, 15) is 13.2 Å². The van der Waals surface area contributed by atoms with Crippen LogP contribution in [0.4, 0.5) is 0 Å². The molecule has 0 saturated heterocycles. The molecule has 0 bridgehead atoms. The minimum absolute atomic E-state index is 0.0327. The maximum atomic E-state index is 11.7. The first kappa shape index (κ1) is 11.7. The zero-order valence-electron chi connectivity index (χ0n) is 9.20. The molecule has 0 aromatic rings. The number of sulfone groups is 1. The van der Waals surface area contributed by atoms with Gasteiger partial charge in [-0.2, -0.15) is 0 Å². The van der Waals surface area contributed by atoms with Crippen molar-refractivity contribution in [3.8, 4) is 0 Å². The third-order valence-electron chi connectivity index (χ3n) is 2.81. The van der Waals surface area contributed by atoms with Crippen molar-refractivity contribution >= 4 is 15.6 Å². The van der Waals surface area contributed by atoms with Crippen molar-refractivity contribution in [3.63, 3.8) is 0 Å². The van der Waals surface area contributed by atoms with Gasteiger partial charge in [-0.3, -0.25) is 4.79 Å².